The van der Waals surface area contributed by atoms with E-state index in [1.807, 2.05) is 25.4 Å². The molecular weight excluding hydrogens is 402 g/mol. The Bertz CT molecular complexity index is 1240. The Balaban J connectivity index is 1.91. The molecule has 0 saturated carbocycles. The fourth-order valence-electron chi connectivity index (χ4n) is 5.08. The van der Waals surface area contributed by atoms with Crippen LogP contribution in [0.4, 0.5) is 0 Å². The SMILES string of the molecule is COC1=C(S(C)=O)C2=C3c4c(c5cc(O)ccc5n4C(NC(C)=O)C2)C=CN(C)C13. The molecule has 1 aromatic carbocycles. The zero-order valence-electron chi connectivity index (χ0n) is 17.2. The number of hydrogen-bond donors (Lipinski definition) is 2. The molecule has 0 fully saturated rings. The molecule has 30 heavy (non-hydrogen) atoms. The van der Waals surface area contributed by atoms with Gasteiger partial charge >= 0.3 is 0 Å². The Labute approximate surface area is 176 Å². The number of likely N-dealkylation sites (N-methyl/N-ethyl adjacent to an activating group) is 1. The van der Waals surface area contributed by atoms with Gasteiger partial charge in [0.15, 0.2) is 0 Å². The number of allylic oxidation sites excluding steroid dienone is 1. The van der Waals surface area contributed by atoms with Crippen LogP contribution in [0.2, 0.25) is 0 Å². The van der Waals surface area contributed by atoms with E-state index in [4.69, 9.17) is 4.74 Å². The highest BCUT2D eigenvalue weighted by atomic mass is 32.2. The molecule has 0 radical (unpaired) electrons. The average molecular weight is 426 g/mol. The second kappa shape index (κ2) is 6.50. The first-order chi connectivity index (χ1) is 14.3. The number of amides is 1. The van der Waals surface area contributed by atoms with Crippen LogP contribution >= 0.6 is 0 Å². The van der Waals surface area contributed by atoms with Crippen LogP contribution in [0.1, 0.15) is 30.8 Å². The number of nitrogens with zero attached hydrogens (tertiary/aromatic N) is 2. The van der Waals surface area contributed by atoms with Gasteiger partial charge in [-0.05, 0) is 29.8 Å². The summed E-state index contributed by atoms with van der Waals surface area (Å²) in [5, 5.41) is 14.1. The maximum Gasteiger partial charge on any atom is 0.218 e. The van der Waals surface area contributed by atoms with Crippen molar-refractivity contribution in [1.82, 2.24) is 14.8 Å². The monoisotopic (exact) mass is 425 g/mol. The number of methoxy groups -OCH3 is 1. The minimum Gasteiger partial charge on any atom is -0.508 e. The Morgan fingerprint density at radius 1 is 1.37 bits per heavy atom. The lowest BCUT2D eigenvalue weighted by molar-refractivity contribution is -0.120. The molecule has 0 bridgehead atoms. The predicted molar refractivity (Wildman–Crippen MR) is 117 cm³/mol. The third-order valence-electron chi connectivity index (χ3n) is 6.10. The normalized spacial score (nSPS) is 23.0. The number of phenolic OH excluding ortho intramolecular Hbond substituents is 1. The van der Waals surface area contributed by atoms with Crippen molar-refractivity contribution in [1.29, 1.82) is 0 Å². The van der Waals surface area contributed by atoms with Crippen LogP contribution in [-0.2, 0) is 20.3 Å². The molecule has 8 heteroatoms. The first-order valence-corrected chi connectivity index (χ1v) is 11.3. The van der Waals surface area contributed by atoms with Crippen molar-refractivity contribution >= 4 is 39.3 Å². The van der Waals surface area contributed by atoms with Gasteiger partial charge in [0.05, 0.1) is 34.0 Å². The summed E-state index contributed by atoms with van der Waals surface area (Å²) in [4.78, 5) is 14.8. The van der Waals surface area contributed by atoms with Crippen molar-refractivity contribution in [3.8, 4) is 5.75 Å². The second-order valence-corrected chi connectivity index (χ2v) is 9.20. The molecule has 2 aromatic rings. The average Bonchev–Trinajstić information content (AvgIpc) is 3.12. The first-order valence-electron chi connectivity index (χ1n) is 9.73. The molecule has 3 atom stereocenters. The molecule has 3 unspecified atom stereocenters. The molecule has 0 spiro atoms. The standard InChI is InChI=1S/C22H23N3O4S/c1-11(26)23-17-10-15-18-19-13(14-9-12(27)5-6-16(14)25(17)19)7-8-24(2)20(18)21(29-3)22(15)30(4)28/h5-9,17,20,27H,10H2,1-4H3,(H,23,26). The van der Waals surface area contributed by atoms with Gasteiger partial charge in [0, 0.05) is 49.4 Å². The van der Waals surface area contributed by atoms with Gasteiger partial charge in [-0.1, -0.05) is 0 Å². The zero-order chi connectivity index (χ0) is 21.3. The number of phenols is 1. The number of aromatic nitrogens is 1. The van der Waals surface area contributed by atoms with Gasteiger partial charge in [-0.15, -0.1) is 0 Å². The Morgan fingerprint density at radius 3 is 2.80 bits per heavy atom. The van der Waals surface area contributed by atoms with E-state index in [0.717, 1.165) is 33.3 Å². The predicted octanol–water partition coefficient (Wildman–Crippen LogP) is 2.67. The van der Waals surface area contributed by atoms with E-state index in [9.17, 15) is 14.1 Å². The lowest BCUT2D eigenvalue weighted by Gasteiger charge is -2.33. The number of hydrogen-bond acceptors (Lipinski definition) is 5. The van der Waals surface area contributed by atoms with E-state index in [-0.39, 0.29) is 23.9 Å². The maximum atomic E-state index is 12.8. The van der Waals surface area contributed by atoms with E-state index in [1.165, 1.54) is 6.92 Å². The topological polar surface area (TPSA) is 83.8 Å². The summed E-state index contributed by atoms with van der Waals surface area (Å²) >= 11 is 0. The smallest absolute Gasteiger partial charge is 0.218 e. The van der Waals surface area contributed by atoms with Crippen molar-refractivity contribution in [2.75, 3.05) is 20.4 Å². The lowest BCUT2D eigenvalue weighted by Crippen LogP contribution is -2.36. The van der Waals surface area contributed by atoms with Gasteiger partial charge < -0.3 is 24.6 Å². The van der Waals surface area contributed by atoms with Crippen LogP contribution in [0.25, 0.3) is 22.6 Å². The molecular formula is C22H23N3O4S. The van der Waals surface area contributed by atoms with Crippen molar-refractivity contribution in [2.24, 2.45) is 0 Å². The van der Waals surface area contributed by atoms with Gasteiger partial charge in [-0.25, -0.2) is 0 Å². The maximum absolute atomic E-state index is 12.8. The van der Waals surface area contributed by atoms with Crippen molar-refractivity contribution in [2.45, 2.75) is 25.6 Å². The molecule has 3 aliphatic rings. The number of nitrogens with one attached hydrogen (secondary N) is 1. The van der Waals surface area contributed by atoms with Crippen LogP contribution in [0, 0.1) is 0 Å². The molecule has 7 nitrogen and oxygen atoms in total. The van der Waals surface area contributed by atoms with Gasteiger partial charge in [-0.2, -0.15) is 0 Å². The summed E-state index contributed by atoms with van der Waals surface area (Å²) < 4.78 is 20.7. The Morgan fingerprint density at radius 2 is 2.13 bits per heavy atom. The number of aromatic hydroxyl groups is 1. The first kappa shape index (κ1) is 19.0. The second-order valence-electron chi connectivity index (χ2n) is 7.88. The fourth-order valence-corrected chi connectivity index (χ4v) is 6.10. The van der Waals surface area contributed by atoms with E-state index in [0.29, 0.717) is 17.1 Å². The van der Waals surface area contributed by atoms with Gasteiger partial charge in [-0.3, -0.25) is 9.00 Å². The number of carbonyl (C=O) groups is 1. The number of ether oxygens (including phenoxy) is 1. The highest BCUT2D eigenvalue weighted by Gasteiger charge is 2.46. The summed E-state index contributed by atoms with van der Waals surface area (Å²) in [5.74, 6) is 0.736. The largest absolute Gasteiger partial charge is 0.508 e. The summed E-state index contributed by atoms with van der Waals surface area (Å²) in [7, 11) is 2.34. The van der Waals surface area contributed by atoms with Gasteiger partial charge in [0.2, 0.25) is 5.91 Å². The molecule has 2 N–H and O–H groups in total. The van der Waals surface area contributed by atoms with Crippen LogP contribution in [0.5, 0.6) is 5.75 Å². The van der Waals surface area contributed by atoms with E-state index < -0.39 is 10.8 Å². The van der Waals surface area contributed by atoms with Gasteiger partial charge in [0.25, 0.3) is 0 Å². The molecule has 1 aliphatic carbocycles. The third kappa shape index (κ3) is 2.43. The van der Waals surface area contributed by atoms with Gasteiger partial charge in [0.1, 0.15) is 23.7 Å². The quantitative estimate of drug-likeness (QED) is 0.790. The molecule has 1 amide bonds. The molecule has 3 heterocycles. The Kier molecular flexibility index (Phi) is 4.12. The van der Waals surface area contributed by atoms with E-state index in [2.05, 4.69) is 14.8 Å². The van der Waals surface area contributed by atoms with Crippen molar-refractivity contribution in [3.05, 3.63) is 51.9 Å². The number of fused-ring (bicyclic) bond motifs is 3. The van der Waals surface area contributed by atoms with Crippen molar-refractivity contribution < 1.29 is 18.8 Å². The minimum atomic E-state index is -1.25. The van der Waals surface area contributed by atoms with Crippen molar-refractivity contribution in [3.63, 3.8) is 0 Å². The van der Waals surface area contributed by atoms with E-state index >= 15 is 0 Å². The van der Waals surface area contributed by atoms with E-state index in [1.54, 1.807) is 25.5 Å². The number of carbonyl (C=O) groups excluding carboxylic acids is 1. The molecule has 156 valence electrons. The molecule has 2 aliphatic heterocycles. The molecule has 5 rings (SSSR count). The van der Waals surface area contributed by atoms with Crippen LogP contribution in [-0.4, -0.2) is 51.1 Å². The number of benzene rings is 1. The van der Waals surface area contributed by atoms with Crippen LogP contribution in [0.15, 0.2) is 40.6 Å². The fraction of sp³-hybridized carbons (Fsp3) is 0.318. The zero-order valence-corrected chi connectivity index (χ0v) is 18.0. The minimum absolute atomic E-state index is 0.135. The highest BCUT2D eigenvalue weighted by Crippen LogP contribution is 2.52. The Hall–Kier alpha value is -3.00. The highest BCUT2D eigenvalue weighted by molar-refractivity contribution is 7.88. The lowest BCUT2D eigenvalue weighted by atomic mass is 9.94. The third-order valence-corrected chi connectivity index (χ3v) is 7.12. The molecule has 1 aromatic heterocycles. The summed E-state index contributed by atoms with van der Waals surface area (Å²) in [6.07, 6.45) is 5.87. The summed E-state index contributed by atoms with van der Waals surface area (Å²) in [6, 6.07) is 5.10. The molecule has 0 saturated heterocycles. The van der Waals surface area contributed by atoms with Crippen LogP contribution in [0.3, 0.4) is 0 Å². The summed E-state index contributed by atoms with van der Waals surface area (Å²) in [6.45, 7) is 1.50. The number of rotatable bonds is 3. The summed E-state index contributed by atoms with van der Waals surface area (Å²) in [5.41, 5.74) is 4.89. The van der Waals surface area contributed by atoms with Crippen LogP contribution < -0.4 is 5.32 Å².